The zero-order valence-electron chi connectivity index (χ0n) is 12.8. The standard InChI is InChI=1S/C16H22N2O3S/c1-22(20,21)18-9-8-12-6-7-15(10-14(12)11-18)17-16(19)13-4-2-3-5-13/h6-7,10,13H,2-5,8-9,11H2,1H3,(H,17,19). The number of anilines is 1. The van der Waals surface area contributed by atoms with Crippen molar-refractivity contribution in [3.8, 4) is 0 Å². The largest absolute Gasteiger partial charge is 0.326 e. The lowest BCUT2D eigenvalue weighted by molar-refractivity contribution is -0.119. The number of nitrogens with one attached hydrogen (secondary N) is 1. The lowest BCUT2D eigenvalue weighted by Crippen LogP contribution is -2.35. The van der Waals surface area contributed by atoms with Gasteiger partial charge in [-0.15, -0.1) is 0 Å². The van der Waals surface area contributed by atoms with Gasteiger partial charge in [-0.1, -0.05) is 18.9 Å². The van der Waals surface area contributed by atoms with Crippen molar-refractivity contribution >= 4 is 21.6 Å². The molecule has 1 saturated carbocycles. The van der Waals surface area contributed by atoms with Crippen molar-refractivity contribution < 1.29 is 13.2 Å². The maximum Gasteiger partial charge on any atom is 0.227 e. The second kappa shape index (κ2) is 6.01. The van der Waals surface area contributed by atoms with E-state index in [0.29, 0.717) is 13.1 Å². The van der Waals surface area contributed by atoms with E-state index in [1.807, 2.05) is 18.2 Å². The molecular weight excluding hydrogens is 300 g/mol. The molecule has 1 heterocycles. The van der Waals surface area contributed by atoms with Gasteiger partial charge in [0.25, 0.3) is 0 Å². The lowest BCUT2D eigenvalue weighted by Gasteiger charge is -2.27. The Labute approximate surface area is 131 Å². The number of rotatable bonds is 3. The molecule has 1 aromatic carbocycles. The first-order valence-electron chi connectivity index (χ1n) is 7.81. The van der Waals surface area contributed by atoms with E-state index < -0.39 is 10.0 Å². The van der Waals surface area contributed by atoms with Crippen molar-refractivity contribution in [2.24, 2.45) is 5.92 Å². The van der Waals surface area contributed by atoms with Crippen molar-refractivity contribution in [3.05, 3.63) is 29.3 Å². The summed E-state index contributed by atoms with van der Waals surface area (Å²) in [6.07, 6.45) is 6.16. The molecule has 0 unspecified atom stereocenters. The first-order chi connectivity index (χ1) is 10.4. The average Bonchev–Trinajstić information content (AvgIpc) is 3.00. The van der Waals surface area contributed by atoms with Gasteiger partial charge >= 0.3 is 0 Å². The van der Waals surface area contributed by atoms with E-state index in [-0.39, 0.29) is 11.8 Å². The van der Waals surface area contributed by atoms with Crippen molar-refractivity contribution in [1.29, 1.82) is 0 Å². The molecule has 0 spiro atoms. The molecule has 6 heteroatoms. The summed E-state index contributed by atoms with van der Waals surface area (Å²) in [4.78, 5) is 12.2. The van der Waals surface area contributed by atoms with E-state index in [9.17, 15) is 13.2 Å². The summed E-state index contributed by atoms with van der Waals surface area (Å²) in [6, 6.07) is 5.83. The molecule has 0 radical (unpaired) electrons. The molecule has 3 rings (SSSR count). The fourth-order valence-corrected chi connectivity index (χ4v) is 4.12. The minimum Gasteiger partial charge on any atom is -0.326 e. The fourth-order valence-electron chi connectivity index (χ4n) is 3.32. The highest BCUT2D eigenvalue weighted by molar-refractivity contribution is 7.88. The quantitative estimate of drug-likeness (QED) is 0.927. The number of carbonyl (C=O) groups excluding carboxylic acids is 1. The monoisotopic (exact) mass is 322 g/mol. The Kier molecular flexibility index (Phi) is 4.23. The smallest absolute Gasteiger partial charge is 0.227 e. The molecule has 5 nitrogen and oxygen atoms in total. The number of benzene rings is 1. The third kappa shape index (κ3) is 3.33. The first kappa shape index (κ1) is 15.5. The molecule has 0 atom stereocenters. The van der Waals surface area contributed by atoms with Crippen LogP contribution < -0.4 is 5.32 Å². The van der Waals surface area contributed by atoms with Crippen LogP contribution in [0.3, 0.4) is 0 Å². The van der Waals surface area contributed by atoms with Crippen LogP contribution in [-0.4, -0.2) is 31.4 Å². The SMILES string of the molecule is CS(=O)(=O)N1CCc2ccc(NC(=O)C3CCCC3)cc2C1. The summed E-state index contributed by atoms with van der Waals surface area (Å²) in [5, 5.41) is 2.98. The van der Waals surface area contributed by atoms with Crippen LogP contribution >= 0.6 is 0 Å². The summed E-state index contributed by atoms with van der Waals surface area (Å²) >= 11 is 0. The molecule has 1 fully saturated rings. The Morgan fingerprint density at radius 2 is 1.95 bits per heavy atom. The van der Waals surface area contributed by atoms with Crippen LogP contribution in [0.1, 0.15) is 36.8 Å². The number of carbonyl (C=O) groups is 1. The summed E-state index contributed by atoms with van der Waals surface area (Å²) in [6.45, 7) is 0.918. The van der Waals surface area contributed by atoms with E-state index in [0.717, 1.165) is 43.4 Å². The van der Waals surface area contributed by atoms with Crippen LogP contribution in [0.2, 0.25) is 0 Å². The molecule has 1 aromatic rings. The molecular formula is C16H22N2O3S. The second-order valence-electron chi connectivity index (χ2n) is 6.30. The van der Waals surface area contributed by atoms with E-state index in [1.165, 1.54) is 16.1 Å². The van der Waals surface area contributed by atoms with E-state index in [4.69, 9.17) is 0 Å². The minimum atomic E-state index is -3.17. The predicted octanol–water partition coefficient (Wildman–Crippen LogP) is 2.13. The average molecular weight is 322 g/mol. The molecule has 22 heavy (non-hydrogen) atoms. The van der Waals surface area contributed by atoms with Crippen LogP contribution in [0, 0.1) is 5.92 Å². The molecule has 1 N–H and O–H groups in total. The normalized spacial score (nSPS) is 19.9. The van der Waals surface area contributed by atoms with Gasteiger partial charge in [0, 0.05) is 24.7 Å². The van der Waals surface area contributed by atoms with Gasteiger partial charge in [-0.3, -0.25) is 4.79 Å². The van der Waals surface area contributed by atoms with Crippen LogP contribution in [0.4, 0.5) is 5.69 Å². The van der Waals surface area contributed by atoms with Crippen LogP contribution in [-0.2, 0) is 27.8 Å². The minimum absolute atomic E-state index is 0.0910. The maximum absolute atomic E-state index is 12.2. The highest BCUT2D eigenvalue weighted by Gasteiger charge is 2.25. The van der Waals surface area contributed by atoms with E-state index in [2.05, 4.69) is 5.32 Å². The zero-order valence-corrected chi connectivity index (χ0v) is 13.7. The number of fused-ring (bicyclic) bond motifs is 1. The van der Waals surface area contributed by atoms with Crippen LogP contribution in [0.5, 0.6) is 0 Å². The Bertz CT molecular complexity index is 679. The highest BCUT2D eigenvalue weighted by Crippen LogP contribution is 2.28. The Balaban J connectivity index is 1.74. The molecule has 0 saturated heterocycles. The van der Waals surface area contributed by atoms with Gasteiger partial charge in [0.05, 0.1) is 6.26 Å². The number of hydrogen-bond donors (Lipinski definition) is 1. The third-order valence-electron chi connectivity index (χ3n) is 4.65. The van der Waals surface area contributed by atoms with Crippen molar-refractivity contribution in [2.75, 3.05) is 18.1 Å². The number of hydrogen-bond acceptors (Lipinski definition) is 3. The van der Waals surface area contributed by atoms with E-state index >= 15 is 0 Å². The first-order valence-corrected chi connectivity index (χ1v) is 9.66. The molecule has 1 aliphatic carbocycles. The third-order valence-corrected chi connectivity index (χ3v) is 5.90. The van der Waals surface area contributed by atoms with Gasteiger partial charge in [-0.05, 0) is 42.5 Å². The van der Waals surface area contributed by atoms with Gasteiger partial charge in [0.15, 0.2) is 0 Å². The Hall–Kier alpha value is -1.40. The van der Waals surface area contributed by atoms with Gasteiger partial charge in [-0.2, -0.15) is 4.31 Å². The number of sulfonamides is 1. The second-order valence-corrected chi connectivity index (χ2v) is 8.28. The zero-order chi connectivity index (χ0) is 15.7. The predicted molar refractivity (Wildman–Crippen MR) is 86.0 cm³/mol. The molecule has 1 aliphatic heterocycles. The summed E-state index contributed by atoms with van der Waals surface area (Å²) in [5.74, 6) is 0.219. The molecule has 2 aliphatic rings. The van der Waals surface area contributed by atoms with Gasteiger partial charge in [0.2, 0.25) is 15.9 Å². The van der Waals surface area contributed by atoms with Crippen molar-refractivity contribution in [1.82, 2.24) is 4.31 Å². The summed E-state index contributed by atoms with van der Waals surface area (Å²) < 4.78 is 24.9. The van der Waals surface area contributed by atoms with Crippen LogP contribution in [0.15, 0.2) is 18.2 Å². The van der Waals surface area contributed by atoms with E-state index in [1.54, 1.807) is 0 Å². The molecule has 0 aromatic heterocycles. The summed E-state index contributed by atoms with van der Waals surface area (Å²) in [5.41, 5.74) is 2.92. The number of nitrogens with zero attached hydrogens (tertiary/aromatic N) is 1. The summed E-state index contributed by atoms with van der Waals surface area (Å²) in [7, 11) is -3.17. The highest BCUT2D eigenvalue weighted by atomic mass is 32.2. The van der Waals surface area contributed by atoms with Gasteiger partial charge in [-0.25, -0.2) is 8.42 Å². The Morgan fingerprint density at radius 1 is 1.23 bits per heavy atom. The number of amides is 1. The van der Waals surface area contributed by atoms with Crippen molar-refractivity contribution in [3.63, 3.8) is 0 Å². The maximum atomic E-state index is 12.2. The topological polar surface area (TPSA) is 66.5 Å². The van der Waals surface area contributed by atoms with Gasteiger partial charge < -0.3 is 5.32 Å². The molecule has 1 amide bonds. The molecule has 120 valence electrons. The van der Waals surface area contributed by atoms with Gasteiger partial charge in [0.1, 0.15) is 0 Å². The van der Waals surface area contributed by atoms with Crippen molar-refractivity contribution in [2.45, 2.75) is 38.6 Å². The fraction of sp³-hybridized carbons (Fsp3) is 0.562. The lowest BCUT2D eigenvalue weighted by atomic mass is 10.00. The molecule has 0 bridgehead atoms. The Morgan fingerprint density at radius 3 is 2.64 bits per heavy atom. The van der Waals surface area contributed by atoms with Crippen LogP contribution in [0.25, 0.3) is 0 Å².